The van der Waals surface area contributed by atoms with Gasteiger partial charge in [-0.05, 0) is 69.3 Å². The molecule has 0 unspecified atom stereocenters. The molecule has 1 aromatic carbocycles. The average Bonchev–Trinajstić information content (AvgIpc) is 3.00. The highest BCUT2D eigenvalue weighted by Gasteiger charge is 2.33. The zero-order valence-electron chi connectivity index (χ0n) is 13.7. The van der Waals surface area contributed by atoms with Crippen LogP contribution in [0.15, 0.2) is 18.2 Å². The normalized spacial score (nSPS) is 21.1. The molecule has 128 valence electrons. The SMILES string of the molecule is Cc1ccc(N2CCC(CN3CCCC3)CC2)cc1C(F)(F)F. The Hall–Kier alpha value is -1.23. The van der Waals surface area contributed by atoms with Gasteiger partial charge in [-0.1, -0.05) is 6.07 Å². The van der Waals surface area contributed by atoms with Crippen LogP contribution in [0.25, 0.3) is 0 Å². The van der Waals surface area contributed by atoms with E-state index in [1.165, 1.54) is 38.9 Å². The number of alkyl halides is 3. The molecule has 0 saturated carbocycles. The molecule has 0 atom stereocenters. The summed E-state index contributed by atoms with van der Waals surface area (Å²) >= 11 is 0. The molecule has 5 heteroatoms. The molecule has 2 aliphatic heterocycles. The lowest BCUT2D eigenvalue weighted by Gasteiger charge is -2.35. The molecule has 2 saturated heterocycles. The Morgan fingerprint density at radius 1 is 1.04 bits per heavy atom. The van der Waals surface area contributed by atoms with Gasteiger partial charge in [0.2, 0.25) is 0 Å². The molecule has 0 N–H and O–H groups in total. The number of benzene rings is 1. The maximum atomic E-state index is 13.1. The van der Waals surface area contributed by atoms with Crippen molar-refractivity contribution in [3.8, 4) is 0 Å². The first-order valence-corrected chi connectivity index (χ1v) is 8.58. The fraction of sp³-hybridized carbons (Fsp3) is 0.667. The van der Waals surface area contributed by atoms with E-state index in [1.54, 1.807) is 6.07 Å². The van der Waals surface area contributed by atoms with Gasteiger partial charge in [0.15, 0.2) is 0 Å². The van der Waals surface area contributed by atoms with Crippen LogP contribution in [0.5, 0.6) is 0 Å². The Morgan fingerprint density at radius 2 is 1.70 bits per heavy atom. The van der Waals surface area contributed by atoms with Crippen molar-refractivity contribution in [3.63, 3.8) is 0 Å². The van der Waals surface area contributed by atoms with Crippen molar-refractivity contribution in [1.29, 1.82) is 0 Å². The van der Waals surface area contributed by atoms with Gasteiger partial charge in [0.25, 0.3) is 0 Å². The van der Waals surface area contributed by atoms with Gasteiger partial charge in [0, 0.05) is 25.3 Å². The minimum atomic E-state index is -4.27. The Labute approximate surface area is 136 Å². The Kier molecular flexibility index (Phi) is 4.85. The smallest absolute Gasteiger partial charge is 0.372 e. The summed E-state index contributed by atoms with van der Waals surface area (Å²) in [7, 11) is 0. The van der Waals surface area contributed by atoms with Crippen molar-refractivity contribution < 1.29 is 13.2 Å². The van der Waals surface area contributed by atoms with Crippen molar-refractivity contribution >= 4 is 5.69 Å². The third-order valence-corrected chi connectivity index (χ3v) is 5.22. The van der Waals surface area contributed by atoms with E-state index in [2.05, 4.69) is 9.80 Å². The molecule has 0 amide bonds. The lowest BCUT2D eigenvalue weighted by molar-refractivity contribution is -0.138. The van der Waals surface area contributed by atoms with E-state index >= 15 is 0 Å². The number of hydrogen-bond donors (Lipinski definition) is 0. The number of likely N-dealkylation sites (tertiary alicyclic amines) is 1. The molecule has 0 spiro atoms. The van der Waals surface area contributed by atoms with Crippen molar-refractivity contribution in [2.75, 3.05) is 37.6 Å². The second-order valence-electron chi connectivity index (χ2n) is 6.94. The van der Waals surface area contributed by atoms with Crippen LogP contribution in [0.2, 0.25) is 0 Å². The molecule has 0 aromatic heterocycles. The second-order valence-corrected chi connectivity index (χ2v) is 6.94. The van der Waals surface area contributed by atoms with Gasteiger partial charge in [-0.2, -0.15) is 13.2 Å². The minimum Gasteiger partial charge on any atom is -0.372 e. The van der Waals surface area contributed by atoms with Crippen molar-refractivity contribution in [1.82, 2.24) is 4.90 Å². The van der Waals surface area contributed by atoms with E-state index in [1.807, 2.05) is 6.07 Å². The highest BCUT2D eigenvalue weighted by Crippen LogP contribution is 2.35. The molecule has 2 heterocycles. The summed E-state index contributed by atoms with van der Waals surface area (Å²) in [6, 6.07) is 4.73. The summed E-state index contributed by atoms with van der Waals surface area (Å²) in [4.78, 5) is 4.64. The Balaban J connectivity index is 1.61. The van der Waals surface area contributed by atoms with E-state index in [4.69, 9.17) is 0 Å². The van der Waals surface area contributed by atoms with Gasteiger partial charge in [-0.25, -0.2) is 0 Å². The van der Waals surface area contributed by atoms with Gasteiger partial charge in [0.1, 0.15) is 0 Å². The summed E-state index contributed by atoms with van der Waals surface area (Å²) in [5.41, 5.74) is 0.502. The molecule has 0 bridgehead atoms. The van der Waals surface area contributed by atoms with Gasteiger partial charge in [-0.3, -0.25) is 0 Å². The molecule has 23 heavy (non-hydrogen) atoms. The molecule has 3 rings (SSSR count). The number of rotatable bonds is 3. The first kappa shape index (κ1) is 16.6. The van der Waals surface area contributed by atoms with Crippen LogP contribution >= 0.6 is 0 Å². The second kappa shape index (κ2) is 6.71. The van der Waals surface area contributed by atoms with Crippen LogP contribution in [-0.2, 0) is 6.18 Å². The molecule has 2 fully saturated rings. The van der Waals surface area contributed by atoms with Crippen molar-refractivity contribution in [2.24, 2.45) is 5.92 Å². The van der Waals surface area contributed by atoms with Crippen LogP contribution in [0.3, 0.4) is 0 Å². The number of hydrogen-bond acceptors (Lipinski definition) is 2. The van der Waals surface area contributed by atoms with Crippen LogP contribution in [-0.4, -0.2) is 37.6 Å². The van der Waals surface area contributed by atoms with Crippen molar-refractivity contribution in [2.45, 2.75) is 38.8 Å². The molecule has 0 aliphatic carbocycles. The quantitative estimate of drug-likeness (QED) is 0.816. The van der Waals surface area contributed by atoms with E-state index in [-0.39, 0.29) is 0 Å². The fourth-order valence-electron chi connectivity index (χ4n) is 3.82. The van der Waals surface area contributed by atoms with Gasteiger partial charge in [-0.15, -0.1) is 0 Å². The van der Waals surface area contributed by atoms with Gasteiger partial charge < -0.3 is 9.80 Å². The maximum absolute atomic E-state index is 13.1. The number of nitrogens with zero attached hydrogens (tertiary/aromatic N) is 2. The predicted octanol–water partition coefficient (Wildman–Crippen LogP) is 4.33. The first-order valence-electron chi connectivity index (χ1n) is 8.58. The molecule has 1 aromatic rings. The van der Waals surface area contributed by atoms with Crippen LogP contribution in [0.1, 0.15) is 36.8 Å². The Bertz CT molecular complexity index is 528. The zero-order valence-corrected chi connectivity index (χ0v) is 13.7. The monoisotopic (exact) mass is 326 g/mol. The molecule has 2 nitrogen and oxygen atoms in total. The third-order valence-electron chi connectivity index (χ3n) is 5.22. The van der Waals surface area contributed by atoms with E-state index in [0.29, 0.717) is 17.2 Å². The summed E-state index contributed by atoms with van der Waals surface area (Å²) in [6.07, 6.45) is 0.497. The van der Waals surface area contributed by atoms with E-state index in [0.717, 1.165) is 32.5 Å². The van der Waals surface area contributed by atoms with Crippen molar-refractivity contribution in [3.05, 3.63) is 29.3 Å². The number of aryl methyl sites for hydroxylation is 1. The molecule has 2 aliphatic rings. The van der Waals surface area contributed by atoms with Gasteiger partial charge >= 0.3 is 6.18 Å². The molecular formula is C18H25F3N2. The highest BCUT2D eigenvalue weighted by atomic mass is 19.4. The number of halogens is 3. The van der Waals surface area contributed by atoms with Crippen LogP contribution < -0.4 is 4.90 Å². The lowest BCUT2D eigenvalue weighted by atomic mass is 9.95. The summed E-state index contributed by atoms with van der Waals surface area (Å²) in [5, 5.41) is 0. The number of piperidine rings is 1. The topological polar surface area (TPSA) is 6.48 Å². The first-order chi connectivity index (χ1) is 10.9. The minimum absolute atomic E-state index is 0.296. The average molecular weight is 326 g/mol. The summed E-state index contributed by atoms with van der Waals surface area (Å²) in [5.74, 6) is 0.692. The fourth-order valence-corrected chi connectivity index (χ4v) is 3.82. The summed E-state index contributed by atoms with van der Waals surface area (Å²) in [6.45, 7) is 6.84. The predicted molar refractivity (Wildman–Crippen MR) is 86.8 cm³/mol. The molecular weight excluding hydrogens is 301 g/mol. The highest BCUT2D eigenvalue weighted by molar-refractivity contribution is 5.52. The van der Waals surface area contributed by atoms with E-state index < -0.39 is 11.7 Å². The zero-order chi connectivity index (χ0) is 16.4. The maximum Gasteiger partial charge on any atom is 0.416 e. The standard InChI is InChI=1S/C18H25F3N2/c1-14-4-5-16(12-17(14)18(19,20)21)23-10-6-15(7-11-23)13-22-8-2-3-9-22/h4-5,12,15H,2-3,6-11,13H2,1H3. The van der Waals surface area contributed by atoms with Crippen LogP contribution in [0, 0.1) is 12.8 Å². The third kappa shape index (κ3) is 4.00. The van der Waals surface area contributed by atoms with Crippen LogP contribution in [0.4, 0.5) is 18.9 Å². The number of anilines is 1. The van der Waals surface area contributed by atoms with Gasteiger partial charge in [0.05, 0.1) is 5.56 Å². The lowest BCUT2D eigenvalue weighted by Crippen LogP contribution is -2.38. The molecule has 0 radical (unpaired) electrons. The Morgan fingerprint density at radius 3 is 2.30 bits per heavy atom. The van der Waals surface area contributed by atoms with E-state index in [9.17, 15) is 13.2 Å². The largest absolute Gasteiger partial charge is 0.416 e. The summed E-state index contributed by atoms with van der Waals surface area (Å²) < 4.78 is 39.2.